The van der Waals surface area contributed by atoms with Crippen LogP contribution in [0, 0.1) is 13.8 Å². The lowest BCUT2D eigenvalue weighted by Gasteiger charge is -2.03. The van der Waals surface area contributed by atoms with Gasteiger partial charge in [0.05, 0.1) is 4.90 Å². The van der Waals surface area contributed by atoms with Crippen molar-refractivity contribution in [1.29, 1.82) is 0 Å². The highest BCUT2D eigenvalue weighted by atomic mass is 79.9. The third-order valence-corrected chi connectivity index (χ3v) is 4.95. The molecule has 1 aromatic heterocycles. The van der Waals surface area contributed by atoms with Crippen molar-refractivity contribution < 1.29 is 22.5 Å². The van der Waals surface area contributed by atoms with Gasteiger partial charge in [0.25, 0.3) is 10.1 Å². The van der Waals surface area contributed by atoms with Crippen LogP contribution in [0.2, 0.25) is 0 Å². The normalized spacial score (nSPS) is 11.0. The molecule has 6 nitrogen and oxygen atoms in total. The molecule has 0 saturated carbocycles. The van der Waals surface area contributed by atoms with Gasteiger partial charge in [0.1, 0.15) is 11.3 Å². The molecule has 3 rings (SSSR count). The van der Waals surface area contributed by atoms with Gasteiger partial charge in [0, 0.05) is 21.5 Å². The number of hydrogen-bond acceptors (Lipinski definition) is 5. The molecule has 1 heterocycles. The molecule has 8 heteroatoms. The van der Waals surface area contributed by atoms with Crippen LogP contribution in [0.1, 0.15) is 11.1 Å². The summed E-state index contributed by atoms with van der Waals surface area (Å²) in [6.07, 6.45) is 0. The van der Waals surface area contributed by atoms with Crippen molar-refractivity contribution in [1.82, 2.24) is 0 Å². The number of phenolic OH excluding ortho intramolecular Hbond substituents is 1. The van der Waals surface area contributed by atoms with E-state index in [1.807, 2.05) is 6.92 Å². The van der Waals surface area contributed by atoms with E-state index in [4.69, 9.17) is 8.97 Å². The van der Waals surface area contributed by atoms with Crippen molar-refractivity contribution in [2.24, 2.45) is 0 Å². The molecular formula is C17H15BrO6S. The highest BCUT2D eigenvalue weighted by molar-refractivity contribution is 9.10. The Kier molecular flexibility index (Phi) is 5.66. The second-order valence-electron chi connectivity index (χ2n) is 5.25. The lowest BCUT2D eigenvalue weighted by Crippen LogP contribution is -2.05. The summed E-state index contributed by atoms with van der Waals surface area (Å²) in [6.45, 7) is 3.60. The maximum atomic E-state index is 11.3. The zero-order chi connectivity index (χ0) is 18.8. The average molecular weight is 427 g/mol. The third kappa shape index (κ3) is 4.68. The van der Waals surface area contributed by atoms with E-state index < -0.39 is 10.1 Å². The third-order valence-electron chi connectivity index (χ3n) is 3.55. The Morgan fingerprint density at radius 3 is 2.16 bits per heavy atom. The molecule has 0 amide bonds. The first-order valence-electron chi connectivity index (χ1n) is 7.05. The van der Waals surface area contributed by atoms with Crippen molar-refractivity contribution in [3.05, 3.63) is 68.5 Å². The molecule has 0 spiro atoms. The van der Waals surface area contributed by atoms with Gasteiger partial charge >= 0.3 is 5.63 Å². The number of fused-ring (bicyclic) bond motifs is 1. The number of aromatic hydroxyl groups is 1. The zero-order valence-electron chi connectivity index (χ0n) is 13.4. The van der Waals surface area contributed by atoms with E-state index >= 15 is 0 Å². The summed E-state index contributed by atoms with van der Waals surface area (Å²) in [5.74, 6) is 0.101. The number of phenols is 1. The molecule has 0 saturated heterocycles. The molecule has 2 aromatic carbocycles. The van der Waals surface area contributed by atoms with Gasteiger partial charge in [-0.25, -0.2) is 4.79 Å². The predicted molar refractivity (Wildman–Crippen MR) is 97.6 cm³/mol. The molecule has 0 aliphatic carbocycles. The van der Waals surface area contributed by atoms with E-state index in [9.17, 15) is 18.3 Å². The number of benzene rings is 2. The SMILES string of the molecule is Cc1c(C)c2ccc(O)cc2oc1=O.O=S(=O)(O)c1ccc(Br)cc1. The quantitative estimate of drug-likeness (QED) is 0.452. The van der Waals surface area contributed by atoms with E-state index in [1.165, 1.54) is 18.2 Å². The first-order valence-corrected chi connectivity index (χ1v) is 9.29. The molecule has 0 fully saturated rings. The van der Waals surface area contributed by atoms with E-state index in [-0.39, 0.29) is 16.3 Å². The lowest BCUT2D eigenvalue weighted by atomic mass is 10.1. The molecule has 0 radical (unpaired) electrons. The first-order chi connectivity index (χ1) is 11.6. The Morgan fingerprint density at radius 2 is 1.60 bits per heavy atom. The Balaban J connectivity index is 0.000000186. The van der Waals surface area contributed by atoms with Crippen molar-refractivity contribution in [2.45, 2.75) is 18.7 Å². The average Bonchev–Trinajstić information content (AvgIpc) is 2.53. The van der Waals surface area contributed by atoms with Crippen LogP contribution in [0.5, 0.6) is 5.75 Å². The summed E-state index contributed by atoms with van der Waals surface area (Å²) >= 11 is 3.14. The topological polar surface area (TPSA) is 105 Å². The van der Waals surface area contributed by atoms with E-state index in [0.29, 0.717) is 11.1 Å². The molecule has 0 aliphatic rings. The maximum Gasteiger partial charge on any atom is 0.339 e. The van der Waals surface area contributed by atoms with Crippen molar-refractivity contribution in [3.63, 3.8) is 0 Å². The minimum atomic E-state index is -4.04. The van der Waals surface area contributed by atoms with Crippen LogP contribution in [0.3, 0.4) is 0 Å². The van der Waals surface area contributed by atoms with Crippen LogP contribution in [0.15, 0.2) is 61.0 Å². The zero-order valence-corrected chi connectivity index (χ0v) is 15.8. The second kappa shape index (κ2) is 7.38. The molecule has 25 heavy (non-hydrogen) atoms. The smallest absolute Gasteiger partial charge is 0.339 e. The molecular weight excluding hydrogens is 412 g/mol. The monoisotopic (exact) mass is 426 g/mol. The van der Waals surface area contributed by atoms with Crippen LogP contribution in [-0.2, 0) is 10.1 Å². The summed E-state index contributed by atoms with van der Waals surface area (Å²) in [5, 5.41) is 10.1. The molecule has 0 unspecified atom stereocenters. The predicted octanol–water partition coefficient (Wildman–Crippen LogP) is 3.81. The fourth-order valence-electron chi connectivity index (χ4n) is 2.04. The lowest BCUT2D eigenvalue weighted by molar-refractivity contribution is 0.472. The highest BCUT2D eigenvalue weighted by Crippen LogP contribution is 2.22. The van der Waals surface area contributed by atoms with E-state index in [2.05, 4.69) is 15.9 Å². The van der Waals surface area contributed by atoms with Crippen LogP contribution in [0.25, 0.3) is 11.0 Å². The molecule has 0 aliphatic heterocycles. The summed E-state index contributed by atoms with van der Waals surface area (Å²) in [5.41, 5.74) is 1.60. The first kappa shape index (κ1) is 19.2. The minimum absolute atomic E-state index is 0.0966. The number of aryl methyl sites for hydroxylation is 1. The Bertz CT molecular complexity index is 1070. The van der Waals surface area contributed by atoms with Gasteiger partial charge in [-0.2, -0.15) is 8.42 Å². The van der Waals surface area contributed by atoms with E-state index in [0.717, 1.165) is 15.4 Å². The fraction of sp³-hybridized carbons (Fsp3) is 0.118. The summed E-state index contributed by atoms with van der Waals surface area (Å²) in [4.78, 5) is 11.2. The summed E-state index contributed by atoms with van der Waals surface area (Å²) < 4.78 is 35.3. The van der Waals surface area contributed by atoms with Crippen LogP contribution in [-0.4, -0.2) is 18.1 Å². The summed E-state index contributed by atoms with van der Waals surface area (Å²) in [7, 11) is -4.04. The van der Waals surface area contributed by atoms with Gasteiger partial charge in [-0.15, -0.1) is 0 Å². The van der Waals surface area contributed by atoms with Crippen LogP contribution < -0.4 is 5.63 Å². The van der Waals surface area contributed by atoms with Gasteiger partial charge in [-0.1, -0.05) is 15.9 Å². The maximum absolute atomic E-state index is 11.3. The minimum Gasteiger partial charge on any atom is -0.508 e. The van der Waals surface area contributed by atoms with Gasteiger partial charge in [-0.05, 0) is 55.8 Å². The Hall–Kier alpha value is -2.16. The molecule has 0 bridgehead atoms. The van der Waals surface area contributed by atoms with Crippen molar-refractivity contribution >= 4 is 37.0 Å². The molecule has 2 N–H and O–H groups in total. The largest absolute Gasteiger partial charge is 0.508 e. The molecule has 0 atom stereocenters. The van der Waals surface area contributed by atoms with Crippen LogP contribution in [0.4, 0.5) is 0 Å². The van der Waals surface area contributed by atoms with Gasteiger partial charge in [0.15, 0.2) is 0 Å². The van der Waals surface area contributed by atoms with Crippen molar-refractivity contribution in [2.75, 3.05) is 0 Å². The second-order valence-corrected chi connectivity index (χ2v) is 7.59. The molecule has 3 aromatic rings. The van der Waals surface area contributed by atoms with Gasteiger partial charge < -0.3 is 9.52 Å². The van der Waals surface area contributed by atoms with E-state index in [1.54, 1.807) is 31.2 Å². The number of halogens is 1. The van der Waals surface area contributed by atoms with Gasteiger partial charge in [-0.3, -0.25) is 4.55 Å². The number of rotatable bonds is 1. The Labute approximate surface area is 152 Å². The highest BCUT2D eigenvalue weighted by Gasteiger charge is 2.08. The fourth-order valence-corrected chi connectivity index (χ4v) is 2.79. The van der Waals surface area contributed by atoms with Crippen LogP contribution >= 0.6 is 15.9 Å². The van der Waals surface area contributed by atoms with Gasteiger partial charge in [0.2, 0.25) is 0 Å². The van der Waals surface area contributed by atoms with Crippen molar-refractivity contribution in [3.8, 4) is 5.75 Å². The number of hydrogen-bond donors (Lipinski definition) is 2. The molecule has 132 valence electrons. The summed E-state index contributed by atoms with van der Waals surface area (Å²) in [6, 6.07) is 10.5. The Morgan fingerprint density at radius 1 is 1.00 bits per heavy atom. The standard InChI is InChI=1S/C11H10O3.C6H5BrO3S/c1-6-7(2)11(13)14-10-5-8(12)3-4-9(6)10;7-5-1-3-6(4-2-5)11(8,9)10/h3-5,12H,1-2H3;1-4H,(H,8,9,10).